The van der Waals surface area contributed by atoms with Gasteiger partial charge in [-0.25, -0.2) is 6.57 Å². The molecule has 1 rings (SSSR count). The van der Waals surface area contributed by atoms with E-state index in [0.29, 0.717) is 5.56 Å². The van der Waals surface area contributed by atoms with Crippen molar-refractivity contribution in [3.8, 4) is 0 Å². The van der Waals surface area contributed by atoms with Crippen LogP contribution >= 0.6 is 11.6 Å². The van der Waals surface area contributed by atoms with Gasteiger partial charge >= 0.3 is 6.18 Å². The number of rotatable bonds is 1. The van der Waals surface area contributed by atoms with Gasteiger partial charge in [0.25, 0.3) is 0 Å². The summed E-state index contributed by atoms with van der Waals surface area (Å²) in [7, 11) is 0. The number of benzene rings is 1. The summed E-state index contributed by atoms with van der Waals surface area (Å²) in [6, 6.07) is 2.93. The van der Waals surface area contributed by atoms with Gasteiger partial charge in [0.15, 0.2) is 0 Å². The van der Waals surface area contributed by atoms with Crippen LogP contribution in [-0.2, 0) is 6.18 Å². The van der Waals surface area contributed by atoms with Gasteiger partial charge in [0, 0.05) is 12.5 Å². The Hall–Kier alpha value is -1.21. The second-order valence-electron chi connectivity index (χ2n) is 3.04. The zero-order chi connectivity index (χ0) is 11.6. The second kappa shape index (κ2) is 4.11. The van der Waals surface area contributed by atoms with Gasteiger partial charge in [-0.05, 0) is 18.2 Å². The first-order valence-electron chi connectivity index (χ1n) is 4.09. The molecule has 0 spiro atoms. The maximum atomic E-state index is 12.4. The summed E-state index contributed by atoms with van der Waals surface area (Å²) in [5.74, 6) is 0. The molecule has 0 aliphatic rings. The van der Waals surface area contributed by atoms with Crippen LogP contribution < -0.4 is 0 Å². The minimum atomic E-state index is -4.48. The molecule has 0 saturated carbocycles. The summed E-state index contributed by atoms with van der Waals surface area (Å²) >= 11 is 5.43. The summed E-state index contributed by atoms with van der Waals surface area (Å²) < 4.78 is 37.3. The van der Waals surface area contributed by atoms with E-state index in [1.807, 2.05) is 0 Å². The lowest BCUT2D eigenvalue weighted by Gasteiger charge is -2.10. The van der Waals surface area contributed by atoms with Gasteiger partial charge in [0.1, 0.15) is 0 Å². The zero-order valence-electron chi connectivity index (χ0n) is 7.77. The van der Waals surface area contributed by atoms with E-state index in [-0.39, 0.29) is 5.02 Å². The number of hydrogen-bond donors (Lipinski definition) is 0. The molecule has 0 aliphatic heterocycles. The van der Waals surface area contributed by atoms with Crippen molar-refractivity contribution in [1.82, 2.24) is 0 Å². The van der Waals surface area contributed by atoms with E-state index in [1.54, 1.807) is 0 Å². The van der Waals surface area contributed by atoms with Crippen LogP contribution in [0.15, 0.2) is 18.2 Å². The van der Waals surface area contributed by atoms with Crippen molar-refractivity contribution >= 4 is 11.6 Å². The van der Waals surface area contributed by atoms with Crippen LogP contribution in [0, 0.1) is 6.57 Å². The van der Waals surface area contributed by atoms with Crippen molar-refractivity contribution in [1.29, 1.82) is 0 Å². The average Bonchev–Trinajstić information content (AvgIpc) is 2.15. The number of nitrogens with zero attached hydrogens (tertiary/aromatic N) is 1. The molecule has 0 N–H and O–H groups in total. The van der Waals surface area contributed by atoms with Crippen molar-refractivity contribution in [2.45, 2.75) is 19.1 Å². The monoisotopic (exact) mass is 233 g/mol. The van der Waals surface area contributed by atoms with Gasteiger partial charge in [0.05, 0.1) is 10.6 Å². The largest absolute Gasteiger partial charge is 0.417 e. The molecule has 0 bridgehead atoms. The van der Waals surface area contributed by atoms with E-state index in [4.69, 9.17) is 18.2 Å². The molecule has 15 heavy (non-hydrogen) atoms. The second-order valence-corrected chi connectivity index (χ2v) is 3.45. The van der Waals surface area contributed by atoms with Crippen LogP contribution in [0.4, 0.5) is 13.2 Å². The van der Waals surface area contributed by atoms with Crippen molar-refractivity contribution in [3.63, 3.8) is 0 Å². The van der Waals surface area contributed by atoms with Gasteiger partial charge < -0.3 is 4.85 Å². The Kier molecular flexibility index (Phi) is 3.25. The third-order valence-corrected chi connectivity index (χ3v) is 2.30. The van der Waals surface area contributed by atoms with Crippen LogP contribution in [-0.4, -0.2) is 0 Å². The van der Waals surface area contributed by atoms with Crippen molar-refractivity contribution < 1.29 is 13.2 Å². The molecule has 0 aliphatic carbocycles. The Labute approximate surface area is 90.3 Å². The third-order valence-electron chi connectivity index (χ3n) is 1.97. The molecule has 0 heterocycles. The Morgan fingerprint density at radius 3 is 2.47 bits per heavy atom. The summed E-state index contributed by atoms with van der Waals surface area (Å²) in [5.41, 5.74) is -0.570. The fourth-order valence-electron chi connectivity index (χ4n) is 1.09. The van der Waals surface area contributed by atoms with Crippen LogP contribution in [0.3, 0.4) is 0 Å². The topological polar surface area (TPSA) is 4.36 Å². The molecule has 1 nitrogen and oxygen atoms in total. The smallest absolute Gasteiger partial charge is 0.309 e. The van der Waals surface area contributed by atoms with Crippen molar-refractivity contribution in [2.24, 2.45) is 0 Å². The van der Waals surface area contributed by atoms with E-state index in [0.717, 1.165) is 6.07 Å². The molecule has 5 heteroatoms. The lowest BCUT2D eigenvalue weighted by atomic mass is 10.1. The van der Waals surface area contributed by atoms with Crippen molar-refractivity contribution in [3.05, 3.63) is 45.8 Å². The first-order valence-corrected chi connectivity index (χ1v) is 4.47. The lowest BCUT2D eigenvalue weighted by Crippen LogP contribution is -2.06. The molecule has 0 saturated heterocycles. The Bertz CT molecular complexity index is 406. The summed E-state index contributed by atoms with van der Waals surface area (Å²) in [4.78, 5) is 3.15. The van der Waals surface area contributed by atoms with E-state index in [9.17, 15) is 13.2 Å². The molecule has 0 aromatic heterocycles. The quantitative estimate of drug-likeness (QED) is 0.636. The third kappa shape index (κ3) is 2.63. The minimum Gasteiger partial charge on any atom is -0.309 e. The first kappa shape index (κ1) is 11.9. The fraction of sp³-hybridized carbons (Fsp3) is 0.300. The number of hydrogen-bond acceptors (Lipinski definition) is 0. The summed E-state index contributed by atoms with van der Waals surface area (Å²) in [5, 5.41) is -0.344. The Morgan fingerprint density at radius 1 is 1.40 bits per heavy atom. The standard InChI is InChI=1S/C10H7ClF3N/c1-6(15-2)7-3-4-9(11)8(5-7)10(12,13)14/h3-6H,1H3. The first-order chi connectivity index (χ1) is 6.86. The van der Waals surface area contributed by atoms with Crippen molar-refractivity contribution in [2.75, 3.05) is 0 Å². The fourth-order valence-corrected chi connectivity index (χ4v) is 1.32. The van der Waals surface area contributed by atoms with Gasteiger partial charge in [-0.3, -0.25) is 0 Å². The molecule has 80 valence electrons. The molecule has 1 unspecified atom stereocenters. The van der Waals surface area contributed by atoms with Gasteiger partial charge in [-0.15, -0.1) is 0 Å². The number of halogens is 4. The SMILES string of the molecule is [C-]#[N+]C(C)c1ccc(Cl)c(C(F)(F)F)c1. The van der Waals surface area contributed by atoms with Crippen LogP contribution in [0.1, 0.15) is 24.1 Å². The molecular weight excluding hydrogens is 227 g/mol. The predicted octanol–water partition coefficient (Wildman–Crippen LogP) is 4.34. The summed E-state index contributed by atoms with van der Waals surface area (Å²) in [6.45, 7) is 8.28. The summed E-state index contributed by atoms with van der Waals surface area (Å²) in [6.07, 6.45) is -4.48. The molecule has 1 aromatic rings. The van der Waals surface area contributed by atoms with E-state index >= 15 is 0 Å². The highest BCUT2D eigenvalue weighted by molar-refractivity contribution is 6.31. The highest BCUT2D eigenvalue weighted by Gasteiger charge is 2.34. The Morgan fingerprint density at radius 2 is 2.00 bits per heavy atom. The average molecular weight is 234 g/mol. The molecule has 1 aromatic carbocycles. The molecular formula is C10H7ClF3N. The molecule has 0 amide bonds. The van der Waals surface area contributed by atoms with E-state index in [2.05, 4.69) is 4.85 Å². The minimum absolute atomic E-state index is 0.321. The molecule has 0 radical (unpaired) electrons. The predicted molar refractivity (Wildman–Crippen MR) is 51.5 cm³/mol. The highest BCUT2D eigenvalue weighted by Crippen LogP contribution is 2.36. The maximum Gasteiger partial charge on any atom is 0.417 e. The molecule has 1 atom stereocenters. The van der Waals surface area contributed by atoms with Crippen LogP contribution in [0.5, 0.6) is 0 Å². The van der Waals surface area contributed by atoms with Crippen LogP contribution in [0.2, 0.25) is 5.02 Å². The zero-order valence-corrected chi connectivity index (χ0v) is 8.52. The van der Waals surface area contributed by atoms with Gasteiger partial charge in [-0.2, -0.15) is 13.2 Å². The van der Waals surface area contributed by atoms with Gasteiger partial charge in [0.2, 0.25) is 6.04 Å². The normalized spacial score (nSPS) is 13.3. The number of alkyl halides is 3. The molecule has 0 fully saturated rings. The Balaban J connectivity index is 3.24. The lowest BCUT2D eigenvalue weighted by molar-refractivity contribution is -0.137. The van der Waals surface area contributed by atoms with Crippen LogP contribution in [0.25, 0.3) is 4.85 Å². The van der Waals surface area contributed by atoms with E-state index in [1.165, 1.54) is 19.1 Å². The van der Waals surface area contributed by atoms with E-state index < -0.39 is 17.8 Å². The maximum absolute atomic E-state index is 12.4. The van der Waals surface area contributed by atoms with Gasteiger partial charge in [-0.1, -0.05) is 11.6 Å². The highest BCUT2D eigenvalue weighted by atomic mass is 35.5.